The van der Waals surface area contributed by atoms with Crippen LogP contribution in [0.3, 0.4) is 0 Å². The average Bonchev–Trinajstić information content (AvgIpc) is 2.70. The number of halogens is 2. The maximum atomic E-state index is 13.3. The zero-order valence-electron chi connectivity index (χ0n) is 14.3. The summed E-state index contributed by atoms with van der Waals surface area (Å²) in [6, 6.07) is 7.36. The number of hydrogen-bond donors (Lipinski definition) is 0. The summed E-state index contributed by atoms with van der Waals surface area (Å²) in [7, 11) is 0. The van der Waals surface area contributed by atoms with Crippen LogP contribution in [0.4, 0.5) is 4.39 Å². The Balaban J connectivity index is 1.50. The highest BCUT2D eigenvalue weighted by Crippen LogP contribution is 2.24. The summed E-state index contributed by atoms with van der Waals surface area (Å²) in [6.45, 7) is 0.992. The SMILES string of the molecule is O=C(c1ccc(F)c(Cl)c1)N1CCC(n2cnc3ncccc3c2=O)CC1. The lowest BCUT2D eigenvalue weighted by atomic mass is 10.0. The number of piperidine rings is 1. The number of fused-ring (bicyclic) bond motifs is 1. The van der Waals surface area contributed by atoms with E-state index in [-0.39, 0.29) is 22.5 Å². The Kier molecular flexibility index (Phi) is 4.61. The first-order valence-corrected chi connectivity index (χ1v) is 8.98. The van der Waals surface area contributed by atoms with Gasteiger partial charge in [-0.2, -0.15) is 0 Å². The maximum absolute atomic E-state index is 13.3. The van der Waals surface area contributed by atoms with Gasteiger partial charge in [0.05, 0.1) is 10.4 Å². The van der Waals surface area contributed by atoms with Crippen LogP contribution < -0.4 is 5.56 Å². The van der Waals surface area contributed by atoms with Crippen LogP contribution in [0.2, 0.25) is 5.02 Å². The maximum Gasteiger partial charge on any atom is 0.263 e. The Morgan fingerprint density at radius 3 is 2.70 bits per heavy atom. The van der Waals surface area contributed by atoms with Crippen LogP contribution in [0.15, 0.2) is 47.7 Å². The van der Waals surface area contributed by atoms with Crippen molar-refractivity contribution in [2.75, 3.05) is 13.1 Å². The standard InChI is InChI=1S/C19H16ClFN4O2/c20-15-10-12(3-4-16(15)21)18(26)24-8-5-13(6-9-24)25-11-23-17-14(19(25)27)2-1-7-22-17/h1-4,7,10-11,13H,5-6,8-9H2. The molecule has 1 aromatic carbocycles. The molecule has 0 N–H and O–H groups in total. The van der Waals surface area contributed by atoms with Crippen molar-refractivity contribution in [3.8, 4) is 0 Å². The summed E-state index contributed by atoms with van der Waals surface area (Å²) < 4.78 is 14.9. The van der Waals surface area contributed by atoms with Gasteiger partial charge in [-0.05, 0) is 43.2 Å². The lowest BCUT2D eigenvalue weighted by Gasteiger charge is -2.32. The Labute approximate surface area is 159 Å². The van der Waals surface area contributed by atoms with E-state index in [9.17, 15) is 14.0 Å². The molecule has 2 aromatic heterocycles. The summed E-state index contributed by atoms with van der Waals surface area (Å²) in [5.74, 6) is -0.742. The van der Waals surface area contributed by atoms with Crippen molar-refractivity contribution >= 4 is 28.5 Å². The van der Waals surface area contributed by atoms with Crippen LogP contribution in [0.25, 0.3) is 11.0 Å². The van der Waals surface area contributed by atoms with Gasteiger partial charge in [0.2, 0.25) is 0 Å². The highest BCUT2D eigenvalue weighted by atomic mass is 35.5. The third kappa shape index (κ3) is 3.30. The Hall–Kier alpha value is -2.80. The number of nitrogens with zero attached hydrogens (tertiary/aromatic N) is 4. The topological polar surface area (TPSA) is 68.1 Å². The number of carbonyl (C=O) groups excluding carboxylic acids is 1. The van der Waals surface area contributed by atoms with E-state index in [4.69, 9.17) is 11.6 Å². The molecule has 0 spiro atoms. The molecule has 1 amide bonds. The van der Waals surface area contributed by atoms with Crippen molar-refractivity contribution in [3.05, 3.63) is 69.6 Å². The van der Waals surface area contributed by atoms with Crippen LogP contribution in [-0.2, 0) is 0 Å². The van der Waals surface area contributed by atoms with Gasteiger partial charge in [0.25, 0.3) is 11.5 Å². The number of rotatable bonds is 2. The van der Waals surface area contributed by atoms with E-state index >= 15 is 0 Å². The van der Waals surface area contributed by atoms with Crippen molar-refractivity contribution in [2.24, 2.45) is 0 Å². The van der Waals surface area contributed by atoms with Gasteiger partial charge in [-0.3, -0.25) is 14.2 Å². The van der Waals surface area contributed by atoms with E-state index in [2.05, 4.69) is 9.97 Å². The molecule has 27 heavy (non-hydrogen) atoms. The van der Waals surface area contributed by atoms with E-state index in [1.807, 2.05) is 0 Å². The molecule has 1 aliphatic rings. The molecular weight excluding hydrogens is 371 g/mol. The molecule has 0 unspecified atom stereocenters. The normalized spacial score (nSPS) is 15.3. The van der Waals surface area contributed by atoms with Crippen molar-refractivity contribution < 1.29 is 9.18 Å². The molecule has 3 aromatic rings. The number of likely N-dealkylation sites (tertiary alicyclic amines) is 1. The molecule has 6 nitrogen and oxygen atoms in total. The molecule has 1 saturated heterocycles. The lowest BCUT2D eigenvalue weighted by molar-refractivity contribution is 0.0693. The van der Waals surface area contributed by atoms with Gasteiger partial charge in [-0.25, -0.2) is 14.4 Å². The van der Waals surface area contributed by atoms with Crippen LogP contribution in [0, 0.1) is 5.82 Å². The first-order chi connectivity index (χ1) is 13.0. The lowest BCUT2D eigenvalue weighted by Crippen LogP contribution is -2.40. The van der Waals surface area contributed by atoms with E-state index < -0.39 is 5.82 Å². The molecule has 138 valence electrons. The second kappa shape index (κ2) is 7.08. The Morgan fingerprint density at radius 2 is 1.96 bits per heavy atom. The summed E-state index contributed by atoms with van der Waals surface area (Å²) in [5.41, 5.74) is 0.665. The second-order valence-corrected chi connectivity index (χ2v) is 6.89. The van der Waals surface area contributed by atoms with Crippen molar-refractivity contribution in [3.63, 3.8) is 0 Å². The van der Waals surface area contributed by atoms with E-state index in [1.165, 1.54) is 24.5 Å². The summed E-state index contributed by atoms with van der Waals surface area (Å²) in [6.07, 6.45) is 4.40. The van der Waals surface area contributed by atoms with Crippen molar-refractivity contribution in [1.29, 1.82) is 0 Å². The Morgan fingerprint density at radius 1 is 1.19 bits per heavy atom. The van der Waals surface area contributed by atoms with Gasteiger partial charge >= 0.3 is 0 Å². The van der Waals surface area contributed by atoms with Gasteiger partial charge < -0.3 is 4.90 Å². The molecule has 0 saturated carbocycles. The number of pyridine rings is 1. The zero-order valence-corrected chi connectivity index (χ0v) is 15.1. The molecule has 0 bridgehead atoms. The van der Waals surface area contributed by atoms with Crippen LogP contribution in [0.1, 0.15) is 29.2 Å². The van der Waals surface area contributed by atoms with E-state index in [1.54, 1.807) is 27.8 Å². The number of carbonyl (C=O) groups is 1. The average molecular weight is 387 g/mol. The van der Waals surface area contributed by atoms with Gasteiger partial charge in [-0.1, -0.05) is 11.6 Å². The summed E-state index contributed by atoms with van der Waals surface area (Å²) in [4.78, 5) is 35.3. The molecule has 1 fully saturated rings. The minimum atomic E-state index is -0.551. The largest absolute Gasteiger partial charge is 0.338 e. The quantitative estimate of drug-likeness (QED) is 0.678. The van der Waals surface area contributed by atoms with E-state index in [0.717, 1.165) is 0 Å². The van der Waals surface area contributed by atoms with Crippen LogP contribution >= 0.6 is 11.6 Å². The molecule has 3 heterocycles. The highest BCUT2D eigenvalue weighted by molar-refractivity contribution is 6.31. The molecule has 4 rings (SSSR count). The molecule has 0 aliphatic carbocycles. The molecule has 8 heteroatoms. The third-order valence-corrected chi connectivity index (χ3v) is 5.16. The number of aromatic nitrogens is 3. The predicted molar refractivity (Wildman–Crippen MR) is 99.4 cm³/mol. The predicted octanol–water partition coefficient (Wildman–Crippen LogP) is 3.06. The van der Waals surface area contributed by atoms with Gasteiger partial charge in [0.15, 0.2) is 5.65 Å². The van der Waals surface area contributed by atoms with Gasteiger partial charge in [-0.15, -0.1) is 0 Å². The first-order valence-electron chi connectivity index (χ1n) is 8.61. The fourth-order valence-corrected chi connectivity index (χ4v) is 3.57. The number of benzene rings is 1. The van der Waals surface area contributed by atoms with Crippen LogP contribution in [0.5, 0.6) is 0 Å². The number of amides is 1. The molecular formula is C19H16ClFN4O2. The van der Waals surface area contributed by atoms with Crippen molar-refractivity contribution in [2.45, 2.75) is 18.9 Å². The molecule has 1 aliphatic heterocycles. The fraction of sp³-hybridized carbons (Fsp3) is 0.263. The monoisotopic (exact) mass is 386 g/mol. The van der Waals surface area contributed by atoms with Gasteiger partial charge in [0, 0.05) is 30.9 Å². The number of hydrogen-bond acceptors (Lipinski definition) is 4. The minimum absolute atomic E-state index is 0.0320. The third-order valence-electron chi connectivity index (χ3n) is 4.87. The second-order valence-electron chi connectivity index (χ2n) is 6.48. The highest BCUT2D eigenvalue weighted by Gasteiger charge is 2.26. The fourth-order valence-electron chi connectivity index (χ4n) is 3.39. The van der Waals surface area contributed by atoms with Crippen molar-refractivity contribution in [1.82, 2.24) is 19.4 Å². The van der Waals surface area contributed by atoms with E-state index in [0.29, 0.717) is 42.5 Å². The minimum Gasteiger partial charge on any atom is -0.338 e. The molecule has 0 atom stereocenters. The molecule has 0 radical (unpaired) electrons. The van der Waals surface area contributed by atoms with Gasteiger partial charge in [0.1, 0.15) is 12.1 Å². The van der Waals surface area contributed by atoms with Crippen LogP contribution in [-0.4, -0.2) is 38.4 Å². The smallest absolute Gasteiger partial charge is 0.263 e. The Bertz CT molecular complexity index is 1080. The summed E-state index contributed by atoms with van der Waals surface area (Å²) in [5, 5.41) is 0.414. The zero-order chi connectivity index (χ0) is 19.0. The first kappa shape index (κ1) is 17.6. The summed E-state index contributed by atoms with van der Waals surface area (Å²) >= 11 is 5.77.